The van der Waals surface area contributed by atoms with Crippen molar-refractivity contribution in [2.45, 2.75) is 57.4 Å². The van der Waals surface area contributed by atoms with Crippen molar-refractivity contribution >= 4 is 46.2 Å². The Morgan fingerprint density at radius 1 is 0.854 bits per heavy atom. The molecule has 0 spiro atoms. The number of aryl methyl sites for hydroxylation is 2. The molecule has 2 amide bonds. The molecular weight excluding hydrogens is 643 g/mol. The van der Waals surface area contributed by atoms with E-state index >= 15 is 0 Å². The molecule has 0 saturated carbocycles. The van der Waals surface area contributed by atoms with Gasteiger partial charge in [0.1, 0.15) is 18.1 Å². The van der Waals surface area contributed by atoms with Crippen LogP contribution in [0.3, 0.4) is 0 Å². The predicted octanol–water partition coefficient (Wildman–Crippen LogP) is 3.87. The largest absolute Gasteiger partial charge is 0.874 e. The van der Waals surface area contributed by atoms with Crippen LogP contribution in [0.15, 0.2) is 89.4 Å². The zero-order chi connectivity index (χ0) is 34.1. The smallest absolute Gasteiger partial charge is 0.256 e. The van der Waals surface area contributed by atoms with Crippen LogP contribution in [-0.4, -0.2) is 47.1 Å². The summed E-state index contributed by atoms with van der Waals surface area (Å²) in [4.78, 5) is 29.6. The van der Waals surface area contributed by atoms with Crippen molar-refractivity contribution in [1.82, 2.24) is 10.6 Å². The van der Waals surface area contributed by atoms with Gasteiger partial charge in [0, 0.05) is 23.0 Å². The van der Waals surface area contributed by atoms with E-state index in [1.807, 2.05) is 68.4 Å². The van der Waals surface area contributed by atoms with Crippen LogP contribution in [0.5, 0.6) is 5.75 Å². The van der Waals surface area contributed by atoms with Gasteiger partial charge in [0.2, 0.25) is 0 Å². The van der Waals surface area contributed by atoms with Crippen LogP contribution in [-0.2, 0) is 16.1 Å². The Kier molecular flexibility index (Phi) is 9.78. The Labute approximate surface area is 291 Å². The van der Waals surface area contributed by atoms with Gasteiger partial charge in [-0.25, -0.2) is 0 Å². The first-order valence-electron chi connectivity index (χ1n) is 16.3. The van der Waals surface area contributed by atoms with Gasteiger partial charge < -0.3 is 30.5 Å². The van der Waals surface area contributed by atoms with Crippen molar-refractivity contribution in [3.8, 4) is 5.75 Å². The van der Waals surface area contributed by atoms with Crippen LogP contribution in [0, 0.1) is 13.8 Å². The number of aliphatic hydroxyl groups excluding tert-OH is 1. The summed E-state index contributed by atoms with van der Waals surface area (Å²) in [5.41, 5.74) is 4.19. The van der Waals surface area contributed by atoms with Crippen LogP contribution in [0.1, 0.15) is 70.4 Å². The van der Waals surface area contributed by atoms with E-state index in [-0.39, 0.29) is 26.9 Å². The lowest BCUT2D eigenvalue weighted by Gasteiger charge is -2.39. The van der Waals surface area contributed by atoms with Gasteiger partial charge in [0.05, 0.1) is 41.7 Å². The molecule has 6 rings (SSSR count). The summed E-state index contributed by atoms with van der Waals surface area (Å²) < 4.78 is 5.76. The van der Waals surface area contributed by atoms with E-state index in [0.717, 1.165) is 42.6 Å². The summed E-state index contributed by atoms with van der Waals surface area (Å²) in [6.07, 6.45) is 3.47. The number of carbonyl (C=O) groups excluding carboxylic acids is 2. The Morgan fingerprint density at radius 3 is 2.02 bits per heavy atom. The lowest BCUT2D eigenvalue weighted by molar-refractivity contribution is -0.918. The number of amides is 2. The molecule has 4 N–H and O–H groups in total. The van der Waals surface area contributed by atoms with E-state index < -0.39 is 35.3 Å². The summed E-state index contributed by atoms with van der Waals surface area (Å²) in [6.45, 7) is 6.50. The molecule has 248 valence electrons. The number of piperidine rings is 1. The third-order valence-corrected chi connectivity index (χ3v) is 10.5. The predicted molar refractivity (Wildman–Crippen MR) is 190 cm³/mol. The molecule has 1 saturated heterocycles. The second kappa shape index (κ2) is 14.0. The highest BCUT2D eigenvalue weighted by Gasteiger charge is 2.43. The lowest BCUT2D eigenvalue weighted by atomic mass is 9.75. The van der Waals surface area contributed by atoms with E-state index in [1.54, 1.807) is 19.2 Å². The second-order valence-corrected chi connectivity index (χ2v) is 13.7. The van der Waals surface area contributed by atoms with Crippen LogP contribution in [0.2, 0.25) is 0 Å². The number of benzene rings is 3. The molecule has 0 radical (unpaired) electrons. The Hall–Kier alpha value is -4.38. The van der Waals surface area contributed by atoms with Gasteiger partial charge in [-0.2, -0.15) is 0 Å². The SMILES string of the molecule is COc1ccc(C(C2=C([O-])C(c3ccccc3C)C(=S)NC2=O)C2=C(O)C(c3ccccc3C)C(=S)NC2=O)cc1C[NH+]1CCCCC1. The maximum atomic E-state index is 14.7. The Bertz CT molecular complexity index is 1780. The van der Waals surface area contributed by atoms with E-state index in [2.05, 4.69) is 10.6 Å². The van der Waals surface area contributed by atoms with E-state index in [0.29, 0.717) is 29.0 Å². The molecule has 48 heavy (non-hydrogen) atoms. The molecule has 3 aliphatic rings. The van der Waals surface area contributed by atoms with Gasteiger partial charge in [-0.1, -0.05) is 79.0 Å². The Balaban J connectivity index is 1.60. The lowest BCUT2D eigenvalue weighted by Crippen LogP contribution is -3.11. The molecule has 1 fully saturated rings. The van der Waals surface area contributed by atoms with Gasteiger partial charge in [-0.05, 0) is 73.1 Å². The van der Waals surface area contributed by atoms with E-state index in [4.69, 9.17) is 29.2 Å². The third kappa shape index (κ3) is 6.27. The number of ether oxygens (including phenoxy) is 1. The first-order valence-corrected chi connectivity index (χ1v) is 17.1. The molecular formula is C38H39N3O5S2. The van der Waals surface area contributed by atoms with Crippen LogP contribution >= 0.6 is 24.4 Å². The number of aliphatic hydroxyl groups is 1. The fourth-order valence-electron chi connectivity index (χ4n) is 7.32. The number of thiocarbonyl (C=S) groups is 2. The number of rotatable bonds is 8. The highest BCUT2D eigenvalue weighted by molar-refractivity contribution is 7.80. The molecule has 3 aromatic rings. The minimum Gasteiger partial charge on any atom is -0.874 e. The van der Waals surface area contributed by atoms with Crippen LogP contribution in [0.25, 0.3) is 0 Å². The highest BCUT2D eigenvalue weighted by Crippen LogP contribution is 2.44. The molecule has 3 unspecified atom stereocenters. The average Bonchev–Trinajstić information content (AvgIpc) is 3.06. The van der Waals surface area contributed by atoms with E-state index in [9.17, 15) is 19.8 Å². The molecule has 0 aromatic heterocycles. The minimum absolute atomic E-state index is 0.0937. The summed E-state index contributed by atoms with van der Waals surface area (Å²) in [5, 5.41) is 32.3. The minimum atomic E-state index is -1.23. The molecule has 10 heteroatoms. The number of methoxy groups -OCH3 is 1. The number of likely N-dealkylation sites (tertiary alicyclic amines) is 1. The van der Waals surface area contributed by atoms with Crippen molar-refractivity contribution in [2.75, 3.05) is 20.2 Å². The summed E-state index contributed by atoms with van der Waals surface area (Å²) in [6, 6.07) is 20.3. The molecule has 3 atom stereocenters. The molecule has 8 nitrogen and oxygen atoms in total. The molecule has 3 aromatic carbocycles. The van der Waals surface area contributed by atoms with Gasteiger partial charge in [0.15, 0.2) is 0 Å². The third-order valence-electron chi connectivity index (χ3n) is 9.78. The molecule has 0 aliphatic carbocycles. The van der Waals surface area contributed by atoms with Gasteiger partial charge in [-0.15, -0.1) is 5.76 Å². The average molecular weight is 682 g/mol. The summed E-state index contributed by atoms with van der Waals surface area (Å²) >= 11 is 11.2. The number of hydrogen-bond acceptors (Lipinski definition) is 7. The van der Waals surface area contributed by atoms with Gasteiger partial charge in [-0.3, -0.25) is 9.59 Å². The fraction of sp³-hybridized carbons (Fsp3) is 0.316. The van der Waals surface area contributed by atoms with Crippen molar-refractivity contribution in [1.29, 1.82) is 0 Å². The molecule has 3 heterocycles. The molecule has 3 aliphatic heterocycles. The van der Waals surface area contributed by atoms with Crippen molar-refractivity contribution < 1.29 is 29.4 Å². The molecule has 0 bridgehead atoms. The zero-order valence-corrected chi connectivity index (χ0v) is 28.9. The topological polar surface area (TPSA) is 115 Å². The number of carbonyl (C=O) groups is 2. The van der Waals surface area contributed by atoms with Gasteiger partial charge >= 0.3 is 0 Å². The Morgan fingerprint density at radius 2 is 1.42 bits per heavy atom. The number of hydrogen-bond donors (Lipinski definition) is 4. The maximum Gasteiger partial charge on any atom is 0.256 e. The normalized spacial score (nSPS) is 21.2. The first kappa shape index (κ1) is 33.5. The zero-order valence-electron chi connectivity index (χ0n) is 27.2. The van der Waals surface area contributed by atoms with Crippen LogP contribution in [0.4, 0.5) is 0 Å². The summed E-state index contributed by atoms with van der Waals surface area (Å²) in [5.74, 6) is -4.55. The summed E-state index contributed by atoms with van der Waals surface area (Å²) in [7, 11) is 1.61. The number of quaternary nitrogens is 1. The number of nitrogens with one attached hydrogen (secondary N) is 3. The van der Waals surface area contributed by atoms with E-state index in [1.165, 1.54) is 11.3 Å². The second-order valence-electron chi connectivity index (χ2n) is 12.8. The maximum absolute atomic E-state index is 14.7. The standard InChI is InChI=1S/C38H39N3O5S2/c1-21-11-5-7-13-25(21)29-33(42)31(35(44)39-37(29)47)28(23-15-16-27(46-3)24(19-23)20-41-17-9-4-10-18-41)32-34(43)30(38(48)40-36(32)45)26-14-8-6-12-22(26)2/h5-8,11-16,19,28-30,42-43H,4,9-10,17-18,20H2,1-3H3,(H,39,44,47)(H,40,45,48). The highest BCUT2D eigenvalue weighted by atomic mass is 32.1. The first-order chi connectivity index (χ1) is 23.1. The van der Waals surface area contributed by atoms with Gasteiger partial charge in [0.25, 0.3) is 11.8 Å². The van der Waals surface area contributed by atoms with Crippen LogP contribution < -0.4 is 25.4 Å². The van der Waals surface area contributed by atoms with Crippen molar-refractivity contribution in [2.24, 2.45) is 0 Å². The van der Waals surface area contributed by atoms with Crippen molar-refractivity contribution in [3.05, 3.63) is 123 Å². The van der Waals surface area contributed by atoms with Crippen molar-refractivity contribution in [3.63, 3.8) is 0 Å². The fourth-order valence-corrected chi connectivity index (χ4v) is 7.98. The quantitative estimate of drug-likeness (QED) is 0.267. The monoisotopic (exact) mass is 681 g/mol.